The van der Waals surface area contributed by atoms with Gasteiger partial charge >= 0.3 is 0 Å². The fraction of sp³-hybridized carbons (Fsp3) is 0.667. The quantitative estimate of drug-likeness (QED) is 0.456. The zero-order valence-corrected chi connectivity index (χ0v) is 17.5. The molecular formula is C24H37N3O. The summed E-state index contributed by atoms with van der Waals surface area (Å²) in [7, 11) is 0. The summed E-state index contributed by atoms with van der Waals surface area (Å²) < 4.78 is 5.55. The molecule has 1 aliphatic carbocycles. The Balaban J connectivity index is 1.42. The minimum atomic E-state index is 0.268. The van der Waals surface area contributed by atoms with Crippen molar-refractivity contribution in [2.75, 3.05) is 0 Å². The molecule has 154 valence electrons. The van der Waals surface area contributed by atoms with Gasteiger partial charge in [-0.2, -0.15) is 4.98 Å². The van der Waals surface area contributed by atoms with Crippen molar-refractivity contribution in [3.05, 3.63) is 35.7 Å². The first-order valence-electron chi connectivity index (χ1n) is 11.4. The molecule has 4 heteroatoms. The van der Waals surface area contributed by atoms with Crippen molar-refractivity contribution >= 4 is 0 Å². The van der Waals surface area contributed by atoms with Gasteiger partial charge < -0.3 is 10.3 Å². The first-order valence-corrected chi connectivity index (χ1v) is 11.4. The summed E-state index contributed by atoms with van der Waals surface area (Å²) in [6.07, 6.45) is 16.4. The van der Waals surface area contributed by atoms with Gasteiger partial charge in [0.25, 0.3) is 0 Å². The molecule has 28 heavy (non-hydrogen) atoms. The maximum absolute atomic E-state index is 6.09. The third kappa shape index (κ3) is 6.44. The highest BCUT2D eigenvalue weighted by Crippen LogP contribution is 2.32. The fourth-order valence-electron chi connectivity index (χ4n) is 4.25. The van der Waals surface area contributed by atoms with Crippen LogP contribution >= 0.6 is 0 Å². The second-order valence-corrected chi connectivity index (χ2v) is 8.50. The van der Waals surface area contributed by atoms with Crippen molar-refractivity contribution in [1.29, 1.82) is 0 Å². The molecule has 0 unspecified atom stereocenters. The van der Waals surface area contributed by atoms with Crippen molar-refractivity contribution in [2.45, 2.75) is 102 Å². The summed E-state index contributed by atoms with van der Waals surface area (Å²) in [5, 5.41) is 4.21. The lowest BCUT2D eigenvalue weighted by molar-refractivity contribution is 0.299. The number of hydrogen-bond acceptors (Lipinski definition) is 4. The molecule has 0 radical (unpaired) electrons. The summed E-state index contributed by atoms with van der Waals surface area (Å²) in [6, 6.07) is 8.94. The molecule has 0 amide bonds. The standard InChI is InChI=1S/C24H37N3O/c1-2-3-4-5-6-7-8-9-11-19-14-16-20(17-15-19)23-26-24(28-27-23)21-12-10-13-22(25)18-21/h14-17,21-22H,2-13,18,25H2,1H3/t21-,22-/m1/s1. The summed E-state index contributed by atoms with van der Waals surface area (Å²) in [4.78, 5) is 4.65. The summed E-state index contributed by atoms with van der Waals surface area (Å²) >= 11 is 0. The molecule has 4 nitrogen and oxygen atoms in total. The van der Waals surface area contributed by atoms with Crippen LogP contribution in [0.5, 0.6) is 0 Å². The van der Waals surface area contributed by atoms with E-state index in [1.807, 2.05) is 0 Å². The van der Waals surface area contributed by atoms with Gasteiger partial charge in [0.2, 0.25) is 11.7 Å². The topological polar surface area (TPSA) is 64.9 Å². The molecule has 1 fully saturated rings. The van der Waals surface area contributed by atoms with Crippen LogP contribution in [0, 0.1) is 0 Å². The van der Waals surface area contributed by atoms with Gasteiger partial charge in [0, 0.05) is 17.5 Å². The highest BCUT2D eigenvalue weighted by molar-refractivity contribution is 5.54. The Morgan fingerprint density at radius 3 is 2.39 bits per heavy atom. The Kier molecular flexibility index (Phi) is 8.53. The van der Waals surface area contributed by atoms with Gasteiger partial charge in [-0.3, -0.25) is 0 Å². The predicted molar refractivity (Wildman–Crippen MR) is 115 cm³/mol. The summed E-state index contributed by atoms with van der Waals surface area (Å²) in [6.45, 7) is 2.27. The van der Waals surface area contributed by atoms with Gasteiger partial charge in [-0.25, -0.2) is 0 Å². The second kappa shape index (κ2) is 11.4. The largest absolute Gasteiger partial charge is 0.339 e. The highest BCUT2D eigenvalue weighted by Gasteiger charge is 2.25. The number of hydrogen-bond donors (Lipinski definition) is 1. The third-order valence-electron chi connectivity index (χ3n) is 6.04. The molecule has 2 atom stereocenters. The molecule has 1 heterocycles. The van der Waals surface area contributed by atoms with E-state index in [0.29, 0.717) is 11.7 Å². The minimum Gasteiger partial charge on any atom is -0.339 e. The minimum absolute atomic E-state index is 0.268. The monoisotopic (exact) mass is 383 g/mol. The van der Waals surface area contributed by atoms with Crippen molar-refractivity contribution in [1.82, 2.24) is 10.1 Å². The molecule has 1 saturated carbocycles. The molecule has 2 N–H and O–H groups in total. The van der Waals surface area contributed by atoms with E-state index in [0.717, 1.165) is 43.6 Å². The Bertz CT molecular complexity index is 679. The molecule has 1 aromatic carbocycles. The molecule has 1 aromatic heterocycles. The third-order valence-corrected chi connectivity index (χ3v) is 6.04. The Labute approximate surface area is 170 Å². The average Bonchev–Trinajstić information content (AvgIpc) is 3.21. The van der Waals surface area contributed by atoms with Gasteiger partial charge in [0.1, 0.15) is 0 Å². The predicted octanol–water partition coefficient (Wildman–Crippen LogP) is 6.40. The maximum Gasteiger partial charge on any atom is 0.230 e. The zero-order valence-electron chi connectivity index (χ0n) is 17.5. The summed E-state index contributed by atoms with van der Waals surface area (Å²) in [5.74, 6) is 1.78. The van der Waals surface area contributed by atoms with Crippen LogP contribution in [-0.2, 0) is 6.42 Å². The number of rotatable bonds is 11. The van der Waals surface area contributed by atoms with Crippen LogP contribution in [0.1, 0.15) is 101 Å². The SMILES string of the molecule is CCCCCCCCCCc1ccc(-c2noc([C@@H]3CCC[C@@H](N)C3)n2)cc1. The van der Waals surface area contributed by atoms with E-state index in [1.165, 1.54) is 56.9 Å². The smallest absolute Gasteiger partial charge is 0.230 e. The summed E-state index contributed by atoms with van der Waals surface area (Å²) in [5.41, 5.74) is 8.53. The van der Waals surface area contributed by atoms with Gasteiger partial charge in [-0.15, -0.1) is 0 Å². The lowest BCUT2D eigenvalue weighted by Gasteiger charge is -2.23. The van der Waals surface area contributed by atoms with Crippen LogP contribution < -0.4 is 5.73 Å². The van der Waals surface area contributed by atoms with Gasteiger partial charge in [-0.1, -0.05) is 87.7 Å². The van der Waals surface area contributed by atoms with Crippen LogP contribution in [0.2, 0.25) is 0 Å². The molecule has 1 aliphatic rings. The number of aromatic nitrogens is 2. The maximum atomic E-state index is 6.09. The van der Waals surface area contributed by atoms with Gasteiger partial charge in [0.15, 0.2) is 0 Å². The van der Waals surface area contributed by atoms with Crippen molar-refractivity contribution < 1.29 is 4.52 Å². The average molecular weight is 384 g/mol. The number of nitrogens with two attached hydrogens (primary N) is 1. The Hall–Kier alpha value is -1.68. The van der Waals surface area contributed by atoms with E-state index >= 15 is 0 Å². The number of benzene rings is 1. The van der Waals surface area contributed by atoms with E-state index < -0.39 is 0 Å². The number of aryl methyl sites for hydroxylation is 1. The van der Waals surface area contributed by atoms with E-state index in [2.05, 4.69) is 41.3 Å². The first kappa shape index (κ1) is 21.0. The second-order valence-electron chi connectivity index (χ2n) is 8.50. The number of unbranched alkanes of at least 4 members (excludes halogenated alkanes) is 7. The van der Waals surface area contributed by atoms with Crippen LogP contribution in [0.15, 0.2) is 28.8 Å². The van der Waals surface area contributed by atoms with Crippen LogP contribution in [0.4, 0.5) is 0 Å². The van der Waals surface area contributed by atoms with E-state index in [1.54, 1.807) is 0 Å². The van der Waals surface area contributed by atoms with Crippen LogP contribution in [0.25, 0.3) is 11.4 Å². The van der Waals surface area contributed by atoms with Crippen molar-refractivity contribution in [3.8, 4) is 11.4 Å². The molecular weight excluding hydrogens is 346 g/mol. The molecule has 2 aromatic rings. The molecule has 0 saturated heterocycles. The lowest BCUT2D eigenvalue weighted by atomic mass is 9.86. The van der Waals surface area contributed by atoms with Gasteiger partial charge in [-0.05, 0) is 37.7 Å². The zero-order chi connectivity index (χ0) is 19.6. The first-order chi connectivity index (χ1) is 13.8. The molecule has 0 spiro atoms. The normalized spacial score (nSPS) is 19.8. The van der Waals surface area contributed by atoms with Gasteiger partial charge in [0.05, 0.1) is 0 Å². The van der Waals surface area contributed by atoms with Crippen LogP contribution in [-0.4, -0.2) is 16.2 Å². The fourth-order valence-corrected chi connectivity index (χ4v) is 4.25. The molecule has 0 aliphatic heterocycles. The van der Waals surface area contributed by atoms with Crippen molar-refractivity contribution in [3.63, 3.8) is 0 Å². The highest BCUT2D eigenvalue weighted by atomic mass is 16.5. The molecule has 3 rings (SSSR count). The van der Waals surface area contributed by atoms with E-state index in [9.17, 15) is 0 Å². The molecule has 0 bridgehead atoms. The van der Waals surface area contributed by atoms with E-state index in [4.69, 9.17) is 10.3 Å². The lowest BCUT2D eigenvalue weighted by Crippen LogP contribution is -2.26. The Morgan fingerprint density at radius 2 is 1.68 bits per heavy atom. The van der Waals surface area contributed by atoms with Crippen molar-refractivity contribution in [2.24, 2.45) is 5.73 Å². The number of nitrogens with zero attached hydrogens (tertiary/aromatic N) is 2. The van der Waals surface area contributed by atoms with E-state index in [-0.39, 0.29) is 6.04 Å². The van der Waals surface area contributed by atoms with Crippen LogP contribution in [0.3, 0.4) is 0 Å². The Morgan fingerprint density at radius 1 is 0.964 bits per heavy atom.